The van der Waals surface area contributed by atoms with E-state index in [-0.39, 0.29) is 43.4 Å². The van der Waals surface area contributed by atoms with Gasteiger partial charge in [-0.2, -0.15) is 0 Å². The number of benzene rings is 2. The van der Waals surface area contributed by atoms with Crippen molar-refractivity contribution in [2.45, 2.75) is 45.1 Å². The number of hydrogen-bond donors (Lipinski definition) is 2. The Morgan fingerprint density at radius 2 is 1.68 bits per heavy atom. The van der Waals surface area contributed by atoms with Crippen molar-refractivity contribution in [3.05, 3.63) is 59.7 Å². The molecule has 1 aliphatic carbocycles. The molecule has 7 heteroatoms. The lowest BCUT2D eigenvalue weighted by Crippen LogP contribution is -2.41. The fraction of sp³-hybridized carbons (Fsp3) is 0.444. The first-order chi connectivity index (χ1) is 16.4. The number of ether oxygens (including phenoxy) is 1. The zero-order chi connectivity index (χ0) is 24.2. The predicted molar refractivity (Wildman–Crippen MR) is 128 cm³/mol. The van der Waals surface area contributed by atoms with Gasteiger partial charge in [-0.15, -0.1) is 0 Å². The van der Waals surface area contributed by atoms with Gasteiger partial charge in [0, 0.05) is 31.5 Å². The van der Waals surface area contributed by atoms with Gasteiger partial charge in [0.25, 0.3) is 0 Å². The smallest absolute Gasteiger partial charge is 0.407 e. The number of likely N-dealkylation sites (tertiary alicyclic amines) is 1. The average molecular weight is 465 g/mol. The zero-order valence-corrected chi connectivity index (χ0v) is 19.7. The molecule has 0 radical (unpaired) electrons. The van der Waals surface area contributed by atoms with Crippen LogP contribution in [-0.4, -0.2) is 53.7 Å². The summed E-state index contributed by atoms with van der Waals surface area (Å²) >= 11 is 0. The molecule has 2 aromatic carbocycles. The predicted octanol–water partition coefficient (Wildman–Crippen LogP) is 4.26. The molecule has 0 aromatic heterocycles. The molecular formula is C27H32N2O5. The molecule has 7 nitrogen and oxygen atoms in total. The van der Waals surface area contributed by atoms with Crippen molar-refractivity contribution in [3.8, 4) is 11.1 Å². The Kier molecular flexibility index (Phi) is 7.20. The number of amides is 2. The van der Waals surface area contributed by atoms with Crippen LogP contribution in [0, 0.1) is 11.8 Å². The maximum absolute atomic E-state index is 12.8. The molecule has 0 bridgehead atoms. The maximum Gasteiger partial charge on any atom is 0.407 e. The standard InChI is InChI=1S/C27H32N2O5/c1-3-8-18(13-25(30)29-14-17(2)23(15-29)26(31)32)28-27(33)34-16-24-21-11-6-4-9-19(21)20-10-5-7-12-22(20)24/h4-7,9-12,17-18,23-24H,3,8,13-16H2,1-2H3,(H,28,33)(H,31,32)/t17?,18-,23?/m1/s1. The lowest BCUT2D eigenvalue weighted by atomic mass is 9.98. The van der Waals surface area contributed by atoms with E-state index in [2.05, 4.69) is 29.6 Å². The van der Waals surface area contributed by atoms with Crippen molar-refractivity contribution in [3.63, 3.8) is 0 Å². The number of aliphatic carboxylic acids is 1. The van der Waals surface area contributed by atoms with Crippen molar-refractivity contribution in [2.24, 2.45) is 11.8 Å². The molecule has 1 saturated heterocycles. The highest BCUT2D eigenvalue weighted by Crippen LogP contribution is 2.44. The van der Waals surface area contributed by atoms with Crippen molar-refractivity contribution in [2.75, 3.05) is 19.7 Å². The van der Waals surface area contributed by atoms with Crippen LogP contribution in [0.15, 0.2) is 48.5 Å². The zero-order valence-electron chi connectivity index (χ0n) is 19.7. The van der Waals surface area contributed by atoms with E-state index in [1.54, 1.807) is 4.90 Å². The van der Waals surface area contributed by atoms with Crippen LogP contribution < -0.4 is 5.32 Å². The fourth-order valence-corrected chi connectivity index (χ4v) is 5.21. The summed E-state index contributed by atoms with van der Waals surface area (Å²) in [6.45, 7) is 4.72. The number of carbonyl (C=O) groups excluding carboxylic acids is 2. The van der Waals surface area contributed by atoms with Gasteiger partial charge in [-0.05, 0) is 34.6 Å². The van der Waals surface area contributed by atoms with Gasteiger partial charge in [0.1, 0.15) is 6.61 Å². The molecule has 2 N–H and O–H groups in total. The summed E-state index contributed by atoms with van der Waals surface area (Å²) in [5, 5.41) is 12.2. The van der Waals surface area contributed by atoms with Gasteiger partial charge in [-0.3, -0.25) is 9.59 Å². The van der Waals surface area contributed by atoms with Gasteiger partial charge in [0.15, 0.2) is 0 Å². The number of nitrogens with zero attached hydrogens (tertiary/aromatic N) is 1. The summed E-state index contributed by atoms with van der Waals surface area (Å²) in [6, 6.07) is 16.0. The highest BCUT2D eigenvalue weighted by Gasteiger charge is 2.37. The summed E-state index contributed by atoms with van der Waals surface area (Å²) < 4.78 is 5.64. The normalized spacial score (nSPS) is 19.9. The quantitative estimate of drug-likeness (QED) is 0.609. The van der Waals surface area contributed by atoms with Crippen molar-refractivity contribution in [1.82, 2.24) is 10.2 Å². The van der Waals surface area contributed by atoms with Crippen LogP contribution in [0.2, 0.25) is 0 Å². The number of carboxylic acid groups (broad SMARTS) is 1. The largest absolute Gasteiger partial charge is 0.481 e. The van der Waals surface area contributed by atoms with Crippen LogP contribution in [-0.2, 0) is 14.3 Å². The Hall–Kier alpha value is -3.35. The molecule has 2 aromatic rings. The Labute approximate surface area is 200 Å². The van der Waals surface area contributed by atoms with Crippen LogP contribution in [0.25, 0.3) is 11.1 Å². The highest BCUT2D eigenvalue weighted by atomic mass is 16.5. The molecule has 180 valence electrons. The Balaban J connectivity index is 1.35. The van der Waals surface area contributed by atoms with E-state index < -0.39 is 18.0 Å². The number of alkyl carbamates (subject to hydrolysis) is 1. The van der Waals surface area contributed by atoms with Crippen LogP contribution in [0.3, 0.4) is 0 Å². The minimum atomic E-state index is -0.871. The minimum absolute atomic E-state index is 0.0246. The van der Waals surface area contributed by atoms with Crippen molar-refractivity contribution < 1.29 is 24.2 Å². The Morgan fingerprint density at radius 1 is 1.06 bits per heavy atom. The molecule has 4 rings (SSSR count). The van der Waals surface area contributed by atoms with Gasteiger partial charge < -0.3 is 20.1 Å². The number of nitrogens with one attached hydrogen (secondary N) is 1. The first-order valence-electron chi connectivity index (χ1n) is 12.0. The lowest BCUT2D eigenvalue weighted by molar-refractivity contribution is -0.142. The molecule has 2 aliphatic rings. The third kappa shape index (κ3) is 4.93. The first-order valence-corrected chi connectivity index (χ1v) is 12.0. The van der Waals surface area contributed by atoms with E-state index in [0.29, 0.717) is 13.0 Å². The summed E-state index contributed by atoms with van der Waals surface area (Å²) in [5.41, 5.74) is 4.63. The van der Waals surface area contributed by atoms with Gasteiger partial charge >= 0.3 is 12.1 Å². The van der Waals surface area contributed by atoms with Crippen LogP contribution in [0.1, 0.15) is 50.2 Å². The molecule has 1 heterocycles. The second-order valence-electron chi connectivity index (χ2n) is 9.38. The third-order valence-corrected chi connectivity index (χ3v) is 7.01. The Morgan fingerprint density at radius 3 is 2.24 bits per heavy atom. The van der Waals surface area contributed by atoms with E-state index in [0.717, 1.165) is 17.5 Å². The van der Waals surface area contributed by atoms with E-state index in [9.17, 15) is 19.5 Å². The summed E-state index contributed by atoms with van der Waals surface area (Å²) in [6.07, 6.45) is 1.04. The topological polar surface area (TPSA) is 95.9 Å². The van der Waals surface area contributed by atoms with Gasteiger partial charge in [-0.1, -0.05) is 68.8 Å². The summed E-state index contributed by atoms with van der Waals surface area (Å²) in [7, 11) is 0. The van der Waals surface area contributed by atoms with Crippen LogP contribution >= 0.6 is 0 Å². The monoisotopic (exact) mass is 464 g/mol. The molecule has 1 aliphatic heterocycles. The van der Waals surface area contributed by atoms with Gasteiger partial charge in [0.05, 0.1) is 5.92 Å². The second kappa shape index (κ2) is 10.3. The van der Waals surface area contributed by atoms with Crippen molar-refractivity contribution >= 4 is 18.0 Å². The van der Waals surface area contributed by atoms with Gasteiger partial charge in [-0.25, -0.2) is 4.79 Å². The van der Waals surface area contributed by atoms with Crippen LogP contribution in [0.4, 0.5) is 4.79 Å². The number of carbonyl (C=O) groups is 3. The number of carboxylic acids is 1. The van der Waals surface area contributed by atoms with Crippen LogP contribution in [0.5, 0.6) is 0 Å². The molecule has 34 heavy (non-hydrogen) atoms. The molecule has 0 saturated carbocycles. The number of fused-ring (bicyclic) bond motifs is 3. The molecule has 2 amide bonds. The molecule has 0 spiro atoms. The third-order valence-electron chi connectivity index (χ3n) is 7.01. The van der Waals surface area contributed by atoms with Gasteiger partial charge in [0.2, 0.25) is 5.91 Å². The summed E-state index contributed by atoms with van der Waals surface area (Å²) in [5.74, 6) is -1.65. The molecule has 1 fully saturated rings. The molecule has 3 atom stereocenters. The van der Waals surface area contributed by atoms with E-state index in [1.807, 2.05) is 38.1 Å². The maximum atomic E-state index is 12.8. The molecule has 2 unspecified atom stereocenters. The van der Waals surface area contributed by atoms with E-state index >= 15 is 0 Å². The average Bonchev–Trinajstić information content (AvgIpc) is 3.36. The van der Waals surface area contributed by atoms with E-state index in [1.165, 1.54) is 11.1 Å². The van der Waals surface area contributed by atoms with Crippen molar-refractivity contribution in [1.29, 1.82) is 0 Å². The molecular weight excluding hydrogens is 432 g/mol. The fourth-order valence-electron chi connectivity index (χ4n) is 5.21. The second-order valence-corrected chi connectivity index (χ2v) is 9.38. The Bertz CT molecular complexity index is 1020. The SMILES string of the molecule is CCC[C@H](CC(=O)N1CC(C)C(C(=O)O)C1)NC(=O)OCC1c2ccccc2-c2ccccc21. The highest BCUT2D eigenvalue weighted by molar-refractivity contribution is 5.81. The van der Waals surface area contributed by atoms with E-state index in [4.69, 9.17) is 4.74 Å². The minimum Gasteiger partial charge on any atom is -0.481 e. The lowest BCUT2D eigenvalue weighted by Gasteiger charge is -2.22. The first kappa shape index (κ1) is 23.8. The summed E-state index contributed by atoms with van der Waals surface area (Å²) in [4.78, 5) is 38.5. The number of rotatable bonds is 8. The number of hydrogen-bond acceptors (Lipinski definition) is 4.